The van der Waals surface area contributed by atoms with Crippen molar-refractivity contribution in [2.45, 2.75) is 32.8 Å². The summed E-state index contributed by atoms with van der Waals surface area (Å²) in [5.41, 5.74) is 0. The summed E-state index contributed by atoms with van der Waals surface area (Å²) < 4.78 is 26.9. The maximum Gasteiger partial charge on any atom is 0.281 e. The molecule has 0 aliphatic carbocycles. The number of nitrogens with zero attached hydrogens (tertiary/aromatic N) is 2. The second-order valence-corrected chi connectivity index (χ2v) is 6.56. The Morgan fingerprint density at radius 1 is 1.50 bits per heavy atom. The molecule has 1 rings (SSSR count). The first-order valence-corrected chi connectivity index (χ1v) is 7.18. The Morgan fingerprint density at radius 3 is 2.62 bits per heavy atom. The van der Waals surface area contributed by atoms with Crippen LogP contribution in [0.4, 0.5) is 0 Å². The van der Waals surface area contributed by atoms with Crippen LogP contribution in [0, 0.1) is 5.92 Å². The molecule has 1 saturated heterocycles. The zero-order valence-electron chi connectivity index (χ0n) is 10.3. The molecule has 1 N–H and O–H groups in total. The van der Waals surface area contributed by atoms with Crippen molar-refractivity contribution in [2.75, 3.05) is 26.7 Å². The molecule has 1 heterocycles. The van der Waals surface area contributed by atoms with E-state index < -0.39 is 16.3 Å². The Morgan fingerprint density at radius 2 is 2.12 bits per heavy atom. The lowest BCUT2D eigenvalue weighted by Crippen LogP contribution is -2.50. The summed E-state index contributed by atoms with van der Waals surface area (Å²) in [6.45, 7) is 5.14. The molecule has 0 amide bonds. The summed E-state index contributed by atoms with van der Waals surface area (Å²) in [6.07, 6.45) is 0.974. The fraction of sp³-hybridized carbons (Fsp3) is 1.00. The standard InChI is InChI=1S/C10H22N2O3S/c1-4-6-11(3)16(14,15)12-7-5-9(2)10(13)8-12/h9-10,13H,4-8H2,1-3H3. The quantitative estimate of drug-likeness (QED) is 0.779. The minimum Gasteiger partial charge on any atom is -0.391 e. The van der Waals surface area contributed by atoms with Crippen LogP contribution in [0.2, 0.25) is 0 Å². The normalized spacial score (nSPS) is 28.6. The largest absolute Gasteiger partial charge is 0.391 e. The Hall–Kier alpha value is -0.170. The minimum absolute atomic E-state index is 0.183. The summed E-state index contributed by atoms with van der Waals surface area (Å²) in [7, 11) is -1.79. The third-order valence-corrected chi connectivity index (χ3v) is 5.09. The smallest absolute Gasteiger partial charge is 0.281 e. The van der Waals surface area contributed by atoms with Crippen molar-refractivity contribution in [1.29, 1.82) is 0 Å². The van der Waals surface area contributed by atoms with Gasteiger partial charge in [0.15, 0.2) is 0 Å². The van der Waals surface area contributed by atoms with Crippen LogP contribution in [-0.2, 0) is 10.2 Å². The van der Waals surface area contributed by atoms with Crippen molar-refractivity contribution in [2.24, 2.45) is 5.92 Å². The molecule has 0 bridgehead atoms. The summed E-state index contributed by atoms with van der Waals surface area (Å²) in [6, 6.07) is 0. The van der Waals surface area contributed by atoms with Crippen LogP contribution in [-0.4, -0.2) is 54.9 Å². The van der Waals surface area contributed by atoms with Gasteiger partial charge in [-0.1, -0.05) is 13.8 Å². The van der Waals surface area contributed by atoms with Gasteiger partial charge in [-0.3, -0.25) is 0 Å². The highest BCUT2D eigenvalue weighted by atomic mass is 32.2. The van der Waals surface area contributed by atoms with Gasteiger partial charge < -0.3 is 5.11 Å². The van der Waals surface area contributed by atoms with Crippen LogP contribution in [0.5, 0.6) is 0 Å². The third-order valence-electron chi connectivity index (χ3n) is 3.14. The van der Waals surface area contributed by atoms with E-state index in [2.05, 4.69) is 0 Å². The van der Waals surface area contributed by atoms with Gasteiger partial charge in [0, 0.05) is 26.7 Å². The maximum atomic E-state index is 12.1. The zero-order valence-corrected chi connectivity index (χ0v) is 11.1. The van der Waals surface area contributed by atoms with Crippen molar-refractivity contribution < 1.29 is 13.5 Å². The third kappa shape index (κ3) is 2.94. The van der Waals surface area contributed by atoms with E-state index in [-0.39, 0.29) is 12.5 Å². The molecule has 96 valence electrons. The number of β-amino-alcohol motifs (C(OH)–C–C–N with tert-alkyl or cyclic N) is 1. The predicted octanol–water partition coefficient (Wildman–Crippen LogP) is 0.276. The van der Waals surface area contributed by atoms with Crippen LogP contribution in [0.15, 0.2) is 0 Å². The number of rotatable bonds is 4. The Kier molecular flexibility index (Phi) is 4.73. The number of hydrogen-bond donors (Lipinski definition) is 1. The molecule has 6 heteroatoms. The van der Waals surface area contributed by atoms with Gasteiger partial charge in [0.05, 0.1) is 6.10 Å². The fourth-order valence-electron chi connectivity index (χ4n) is 1.86. The van der Waals surface area contributed by atoms with E-state index in [0.29, 0.717) is 13.1 Å². The van der Waals surface area contributed by atoms with E-state index in [0.717, 1.165) is 12.8 Å². The van der Waals surface area contributed by atoms with Crippen LogP contribution in [0.3, 0.4) is 0 Å². The van der Waals surface area contributed by atoms with Gasteiger partial charge in [-0.2, -0.15) is 17.0 Å². The number of piperidine rings is 1. The Balaban J connectivity index is 2.70. The monoisotopic (exact) mass is 250 g/mol. The second-order valence-electron chi connectivity index (χ2n) is 4.52. The molecule has 1 fully saturated rings. The zero-order chi connectivity index (χ0) is 12.3. The maximum absolute atomic E-state index is 12.1. The van der Waals surface area contributed by atoms with Crippen LogP contribution < -0.4 is 0 Å². The molecule has 0 radical (unpaired) electrons. The summed E-state index contributed by atoms with van der Waals surface area (Å²) in [4.78, 5) is 0. The molecule has 2 unspecified atom stereocenters. The Labute approximate surface area is 98.2 Å². The molecule has 2 atom stereocenters. The van der Waals surface area contributed by atoms with E-state index in [1.165, 1.54) is 8.61 Å². The molecule has 1 aliphatic heterocycles. The van der Waals surface area contributed by atoms with E-state index in [1.54, 1.807) is 7.05 Å². The molecule has 0 aromatic heterocycles. The van der Waals surface area contributed by atoms with E-state index in [4.69, 9.17) is 0 Å². The summed E-state index contributed by atoms with van der Waals surface area (Å²) in [5.74, 6) is 0.183. The molecule has 0 aromatic carbocycles. The minimum atomic E-state index is -3.37. The lowest BCUT2D eigenvalue weighted by atomic mass is 9.98. The van der Waals surface area contributed by atoms with Crippen LogP contribution >= 0.6 is 0 Å². The molecule has 0 spiro atoms. The van der Waals surface area contributed by atoms with E-state index >= 15 is 0 Å². The molecular formula is C10H22N2O3S. The number of hydrogen-bond acceptors (Lipinski definition) is 3. The van der Waals surface area contributed by atoms with Gasteiger partial charge in [0.2, 0.25) is 0 Å². The van der Waals surface area contributed by atoms with E-state index in [9.17, 15) is 13.5 Å². The highest BCUT2D eigenvalue weighted by Crippen LogP contribution is 2.20. The second kappa shape index (κ2) is 5.44. The topological polar surface area (TPSA) is 60.9 Å². The Bertz CT molecular complexity index is 318. The predicted molar refractivity (Wildman–Crippen MR) is 63.2 cm³/mol. The molecule has 5 nitrogen and oxygen atoms in total. The molecule has 0 aromatic rings. The first kappa shape index (κ1) is 13.9. The van der Waals surface area contributed by atoms with Crippen LogP contribution in [0.25, 0.3) is 0 Å². The molecule has 16 heavy (non-hydrogen) atoms. The van der Waals surface area contributed by atoms with Gasteiger partial charge in [-0.25, -0.2) is 0 Å². The van der Waals surface area contributed by atoms with Gasteiger partial charge in [-0.05, 0) is 18.8 Å². The number of aliphatic hydroxyl groups is 1. The lowest BCUT2D eigenvalue weighted by Gasteiger charge is -2.35. The van der Waals surface area contributed by atoms with Crippen molar-refractivity contribution in [3.63, 3.8) is 0 Å². The van der Waals surface area contributed by atoms with Gasteiger partial charge in [0.25, 0.3) is 10.2 Å². The average molecular weight is 250 g/mol. The number of aliphatic hydroxyl groups excluding tert-OH is 1. The van der Waals surface area contributed by atoms with Gasteiger partial charge in [-0.15, -0.1) is 0 Å². The van der Waals surface area contributed by atoms with Crippen molar-refractivity contribution in [1.82, 2.24) is 8.61 Å². The first-order valence-electron chi connectivity index (χ1n) is 5.79. The van der Waals surface area contributed by atoms with Crippen molar-refractivity contribution in [3.05, 3.63) is 0 Å². The van der Waals surface area contributed by atoms with Crippen LogP contribution in [0.1, 0.15) is 26.7 Å². The summed E-state index contributed by atoms with van der Waals surface area (Å²) in [5, 5.41) is 9.70. The van der Waals surface area contributed by atoms with Crippen molar-refractivity contribution in [3.8, 4) is 0 Å². The lowest BCUT2D eigenvalue weighted by molar-refractivity contribution is 0.0585. The van der Waals surface area contributed by atoms with Crippen molar-refractivity contribution >= 4 is 10.2 Å². The molecular weight excluding hydrogens is 228 g/mol. The van der Waals surface area contributed by atoms with Gasteiger partial charge in [0.1, 0.15) is 0 Å². The molecule has 0 saturated carbocycles. The van der Waals surface area contributed by atoms with Gasteiger partial charge >= 0.3 is 0 Å². The average Bonchev–Trinajstić information content (AvgIpc) is 2.22. The first-order chi connectivity index (χ1) is 7.39. The van der Waals surface area contributed by atoms with E-state index in [1.807, 2.05) is 13.8 Å². The summed E-state index contributed by atoms with van der Waals surface area (Å²) >= 11 is 0. The highest BCUT2D eigenvalue weighted by Gasteiger charge is 2.33. The SMILES string of the molecule is CCCN(C)S(=O)(=O)N1CCC(C)C(O)C1. The molecule has 1 aliphatic rings. The highest BCUT2D eigenvalue weighted by molar-refractivity contribution is 7.86. The fourth-order valence-corrected chi connectivity index (χ4v) is 3.34.